The Kier molecular flexibility index (Phi) is 4.45. The van der Waals surface area contributed by atoms with E-state index < -0.39 is 11.6 Å². The van der Waals surface area contributed by atoms with Gasteiger partial charge in [0.05, 0.1) is 12.7 Å². The summed E-state index contributed by atoms with van der Waals surface area (Å²) in [5.41, 5.74) is -0.269. The van der Waals surface area contributed by atoms with Crippen LogP contribution in [0.5, 0.6) is 5.75 Å². The first-order valence-electron chi connectivity index (χ1n) is 3.52. The summed E-state index contributed by atoms with van der Waals surface area (Å²) in [5, 5.41) is 0. The van der Waals surface area contributed by atoms with Crippen LogP contribution < -0.4 is 4.74 Å². The summed E-state index contributed by atoms with van der Waals surface area (Å²) in [5.74, 6) is -1.28. The summed E-state index contributed by atoms with van der Waals surface area (Å²) < 4.78 is 17.7. The first kappa shape index (κ1) is 12.2. The highest BCUT2D eigenvalue weighted by atomic mass is 19.1. The lowest BCUT2D eigenvalue weighted by Gasteiger charge is -2.01. The average molecular weight is 200 g/mol. The van der Waals surface area contributed by atoms with Gasteiger partial charge in [0, 0.05) is 0 Å². The summed E-state index contributed by atoms with van der Waals surface area (Å²) in [6.07, 6.45) is 0.0673. The quantitative estimate of drug-likeness (QED) is 0.402. The van der Waals surface area contributed by atoms with Crippen molar-refractivity contribution in [3.63, 3.8) is 0 Å². The zero-order valence-electron chi connectivity index (χ0n) is 7.41. The molecule has 0 saturated heterocycles. The molecule has 76 valence electrons. The van der Waals surface area contributed by atoms with Crippen LogP contribution in [0.15, 0.2) is 18.2 Å². The highest BCUT2D eigenvalue weighted by molar-refractivity contribution is 6.33. The zero-order valence-corrected chi connectivity index (χ0v) is 7.41. The highest BCUT2D eigenvalue weighted by Crippen LogP contribution is 2.16. The molecule has 1 aromatic rings. The van der Waals surface area contributed by atoms with E-state index in [4.69, 9.17) is 4.74 Å². The molecule has 0 aliphatic heterocycles. The van der Waals surface area contributed by atoms with Crippen molar-refractivity contribution in [2.24, 2.45) is 0 Å². The molecule has 0 saturated carbocycles. The number of methoxy groups -OCH3 is 1. The lowest BCUT2D eigenvalue weighted by Crippen LogP contribution is -2.03. The topological polar surface area (TPSA) is 74.9 Å². The molecule has 14 heavy (non-hydrogen) atoms. The Labute approximate surface area is 79.6 Å². The minimum atomic E-state index is -0.892. The fourth-order valence-electron chi connectivity index (χ4n) is 0.884. The van der Waals surface area contributed by atoms with E-state index in [-0.39, 0.29) is 17.3 Å². The predicted molar refractivity (Wildman–Crippen MR) is 47.0 cm³/mol. The smallest absolute Gasteiger partial charge is 0.228 e. The maximum atomic E-state index is 12.9. The molecule has 0 aliphatic rings. The van der Waals surface area contributed by atoms with E-state index in [1.54, 1.807) is 0 Å². The molecule has 4 nitrogen and oxygen atoms in total. The maximum absolute atomic E-state index is 12.9. The molecule has 0 atom stereocenters. The van der Waals surface area contributed by atoms with Crippen LogP contribution in [0.25, 0.3) is 0 Å². The number of carbonyl (C=O) groups excluding carboxylic acids is 2. The van der Waals surface area contributed by atoms with Gasteiger partial charge in [0.15, 0.2) is 6.29 Å². The molecule has 0 heterocycles. The van der Waals surface area contributed by atoms with Crippen LogP contribution >= 0.6 is 0 Å². The van der Waals surface area contributed by atoms with Crippen molar-refractivity contribution < 1.29 is 24.2 Å². The second kappa shape index (κ2) is 5.08. The molecule has 2 N–H and O–H groups in total. The molecule has 0 amide bonds. The summed E-state index contributed by atoms with van der Waals surface area (Å²) in [6.45, 7) is 0. The maximum Gasteiger partial charge on any atom is 0.228 e. The standard InChI is InChI=1S/C9H7FO3.H2O/c1-13-6-2-3-8(10)7(4-6)9(12)5-11;/h2-5H,1H3;1H2. The molecule has 0 aromatic heterocycles. The highest BCUT2D eigenvalue weighted by Gasteiger charge is 2.11. The Balaban J connectivity index is 0.00000169. The van der Waals surface area contributed by atoms with E-state index in [0.29, 0.717) is 5.75 Å². The van der Waals surface area contributed by atoms with Crippen LogP contribution in [0.3, 0.4) is 0 Å². The van der Waals surface area contributed by atoms with Gasteiger partial charge in [-0.1, -0.05) is 0 Å². The predicted octanol–water partition coefficient (Wildman–Crippen LogP) is 0.391. The second-order valence-electron chi connectivity index (χ2n) is 2.33. The monoisotopic (exact) mass is 200 g/mol. The lowest BCUT2D eigenvalue weighted by atomic mass is 10.1. The first-order chi connectivity index (χ1) is 6.19. The zero-order chi connectivity index (χ0) is 9.84. The molecule has 1 rings (SSSR count). The van der Waals surface area contributed by atoms with Crippen molar-refractivity contribution in [1.29, 1.82) is 0 Å². The molecular weight excluding hydrogens is 191 g/mol. The van der Waals surface area contributed by atoms with E-state index >= 15 is 0 Å². The van der Waals surface area contributed by atoms with E-state index in [1.165, 1.54) is 19.2 Å². The van der Waals surface area contributed by atoms with Gasteiger partial charge in [-0.25, -0.2) is 4.39 Å². The fraction of sp³-hybridized carbons (Fsp3) is 0.111. The average Bonchev–Trinajstić information content (AvgIpc) is 2.17. The molecule has 1 aromatic carbocycles. The van der Waals surface area contributed by atoms with Gasteiger partial charge in [0.25, 0.3) is 0 Å². The second-order valence-corrected chi connectivity index (χ2v) is 2.33. The third-order valence-corrected chi connectivity index (χ3v) is 1.55. The molecule has 0 radical (unpaired) electrons. The molecule has 0 spiro atoms. The van der Waals surface area contributed by atoms with Crippen molar-refractivity contribution in [2.45, 2.75) is 0 Å². The summed E-state index contributed by atoms with van der Waals surface area (Å²) >= 11 is 0. The van der Waals surface area contributed by atoms with Crippen molar-refractivity contribution in [3.8, 4) is 5.75 Å². The molecule has 5 heteroatoms. The van der Waals surface area contributed by atoms with Gasteiger partial charge in [-0.2, -0.15) is 0 Å². The van der Waals surface area contributed by atoms with E-state index in [1.807, 2.05) is 0 Å². The van der Waals surface area contributed by atoms with Gasteiger partial charge in [0.1, 0.15) is 11.6 Å². The van der Waals surface area contributed by atoms with Gasteiger partial charge in [-0.05, 0) is 18.2 Å². The van der Waals surface area contributed by atoms with Crippen LogP contribution in [0.1, 0.15) is 10.4 Å². The Bertz CT molecular complexity index is 349. The summed E-state index contributed by atoms with van der Waals surface area (Å²) in [4.78, 5) is 20.9. The molecular formula is C9H9FO4. The van der Waals surface area contributed by atoms with E-state index in [9.17, 15) is 14.0 Å². The van der Waals surface area contributed by atoms with Crippen LogP contribution in [0, 0.1) is 5.82 Å². The molecule has 0 fully saturated rings. The first-order valence-corrected chi connectivity index (χ1v) is 3.52. The van der Waals surface area contributed by atoms with Crippen molar-refractivity contribution in [2.75, 3.05) is 7.11 Å². The number of carbonyl (C=O) groups is 2. The van der Waals surface area contributed by atoms with Crippen LogP contribution in [0.2, 0.25) is 0 Å². The fourth-order valence-corrected chi connectivity index (χ4v) is 0.884. The van der Waals surface area contributed by atoms with Crippen molar-refractivity contribution in [1.82, 2.24) is 0 Å². The number of aldehydes is 1. The van der Waals surface area contributed by atoms with Crippen LogP contribution in [0.4, 0.5) is 4.39 Å². The van der Waals surface area contributed by atoms with Gasteiger partial charge in [0.2, 0.25) is 5.78 Å². The van der Waals surface area contributed by atoms with Gasteiger partial charge < -0.3 is 10.2 Å². The number of rotatable bonds is 3. The van der Waals surface area contributed by atoms with Gasteiger partial charge >= 0.3 is 0 Å². The number of benzene rings is 1. The number of halogens is 1. The minimum Gasteiger partial charge on any atom is -0.497 e. The molecule has 0 unspecified atom stereocenters. The van der Waals surface area contributed by atoms with E-state index in [2.05, 4.69) is 0 Å². The summed E-state index contributed by atoms with van der Waals surface area (Å²) in [6, 6.07) is 3.64. The van der Waals surface area contributed by atoms with Crippen molar-refractivity contribution >= 4 is 12.1 Å². The SMILES string of the molecule is COc1ccc(F)c(C(=O)C=O)c1.O. The lowest BCUT2D eigenvalue weighted by molar-refractivity contribution is -0.104. The third-order valence-electron chi connectivity index (χ3n) is 1.55. The Morgan fingerprint density at radius 3 is 2.64 bits per heavy atom. The third kappa shape index (κ3) is 2.37. The number of ether oxygens (including phenoxy) is 1. The minimum absolute atomic E-state index is 0. The largest absolute Gasteiger partial charge is 0.497 e. The Hall–Kier alpha value is -1.75. The molecule has 0 aliphatic carbocycles. The number of Topliss-reactive ketones (excluding diaryl/α,β-unsaturated/α-hetero) is 1. The normalized spacial score (nSPS) is 8.71. The summed E-state index contributed by atoms with van der Waals surface area (Å²) in [7, 11) is 1.39. The number of hydrogen-bond acceptors (Lipinski definition) is 3. The number of ketones is 1. The number of hydrogen-bond donors (Lipinski definition) is 0. The van der Waals surface area contributed by atoms with Crippen molar-refractivity contribution in [3.05, 3.63) is 29.6 Å². The molecule has 0 bridgehead atoms. The Morgan fingerprint density at radius 1 is 1.50 bits per heavy atom. The van der Waals surface area contributed by atoms with Gasteiger partial charge in [-0.15, -0.1) is 0 Å². The van der Waals surface area contributed by atoms with Gasteiger partial charge in [-0.3, -0.25) is 9.59 Å². The van der Waals surface area contributed by atoms with Crippen LogP contribution in [-0.2, 0) is 4.79 Å². The Morgan fingerprint density at radius 2 is 2.14 bits per heavy atom. The van der Waals surface area contributed by atoms with Crippen LogP contribution in [-0.4, -0.2) is 24.7 Å². The van der Waals surface area contributed by atoms with E-state index in [0.717, 1.165) is 6.07 Å².